The Kier molecular flexibility index (Phi) is 19.6. The van der Waals surface area contributed by atoms with E-state index in [1.807, 2.05) is 66.9 Å². The van der Waals surface area contributed by atoms with Crippen molar-refractivity contribution in [1.82, 2.24) is 20.3 Å². The second-order valence-electron chi connectivity index (χ2n) is 8.48. The molecule has 0 spiro atoms. The monoisotopic (exact) mass is 554 g/mol. The number of carbonyl (C=O) groups excluding carboxylic acids is 1. The molecule has 1 aromatic carbocycles. The molecule has 0 aliphatic heterocycles. The zero-order valence-corrected chi connectivity index (χ0v) is 25.9. The molecule has 3 aromatic rings. The summed E-state index contributed by atoms with van der Waals surface area (Å²) >= 11 is 0. The molecule has 0 bridgehead atoms. The standard InChI is InChI=1S/C14H18O.C13H19N5O2.C2H7N.C2H6/c1-5-10(3)14-11(4)13(9-15)8-7-12(14)6-2;1-2-18(5-7-20-8-6-19)12-4-3-10-13(17-12)16-11(14)9-15-10;1-3-2;1-2/h5,7-9H,6H2,1-4H3;3-4,9,19H,2,5-8H2,1H3,(H2,14,16,17);3H,1-2H3;1-2H3/b10-5-;;;. The summed E-state index contributed by atoms with van der Waals surface area (Å²) in [5.41, 5.74) is 12.6. The summed E-state index contributed by atoms with van der Waals surface area (Å²) < 4.78 is 5.28. The van der Waals surface area contributed by atoms with Crippen LogP contribution < -0.4 is 16.0 Å². The van der Waals surface area contributed by atoms with Crippen LogP contribution in [0.5, 0.6) is 0 Å². The van der Waals surface area contributed by atoms with Crippen LogP contribution in [0.1, 0.15) is 68.6 Å². The number of ether oxygens (including phenoxy) is 1. The first-order valence-electron chi connectivity index (χ1n) is 13.9. The van der Waals surface area contributed by atoms with E-state index in [-0.39, 0.29) is 6.61 Å². The van der Waals surface area contributed by atoms with E-state index in [2.05, 4.69) is 51.2 Å². The maximum Gasteiger partial charge on any atom is 0.182 e. The van der Waals surface area contributed by atoms with Crippen LogP contribution in [0, 0.1) is 6.92 Å². The number of fused-ring (bicyclic) bond motifs is 1. The fourth-order valence-corrected chi connectivity index (χ4v) is 3.75. The van der Waals surface area contributed by atoms with Crippen molar-refractivity contribution in [2.75, 3.05) is 57.6 Å². The molecule has 0 aliphatic carbocycles. The third-order valence-corrected chi connectivity index (χ3v) is 5.79. The zero-order chi connectivity index (χ0) is 30.5. The van der Waals surface area contributed by atoms with Crippen molar-refractivity contribution in [3.8, 4) is 0 Å². The van der Waals surface area contributed by atoms with E-state index in [0.29, 0.717) is 31.2 Å². The Morgan fingerprint density at radius 2 is 1.80 bits per heavy atom. The lowest BCUT2D eigenvalue weighted by Crippen LogP contribution is -2.28. The fourth-order valence-electron chi connectivity index (χ4n) is 3.75. The van der Waals surface area contributed by atoms with Gasteiger partial charge in [0.1, 0.15) is 23.4 Å². The number of nitrogens with one attached hydrogen (secondary N) is 1. The molecule has 40 heavy (non-hydrogen) atoms. The van der Waals surface area contributed by atoms with Gasteiger partial charge >= 0.3 is 0 Å². The number of nitrogens with zero attached hydrogens (tertiary/aromatic N) is 4. The summed E-state index contributed by atoms with van der Waals surface area (Å²) in [6.45, 7) is 16.8. The van der Waals surface area contributed by atoms with E-state index in [0.717, 1.165) is 41.7 Å². The van der Waals surface area contributed by atoms with Crippen LogP contribution >= 0.6 is 0 Å². The number of allylic oxidation sites excluding steroid dienone is 2. The van der Waals surface area contributed by atoms with Crippen LogP contribution in [0.25, 0.3) is 16.7 Å². The Hall–Kier alpha value is -3.40. The molecule has 0 atom stereocenters. The number of aryl methyl sites for hydroxylation is 1. The minimum absolute atomic E-state index is 0.0369. The molecular weight excluding hydrogens is 504 g/mol. The number of aromatic nitrogens is 3. The van der Waals surface area contributed by atoms with Crippen LogP contribution in [-0.4, -0.2) is 73.4 Å². The van der Waals surface area contributed by atoms with Crippen LogP contribution in [0.3, 0.4) is 0 Å². The Balaban J connectivity index is 0.000000675. The van der Waals surface area contributed by atoms with Gasteiger partial charge in [0, 0.05) is 18.7 Å². The number of anilines is 2. The minimum atomic E-state index is 0.0369. The number of aldehydes is 1. The van der Waals surface area contributed by atoms with E-state index in [1.54, 1.807) is 0 Å². The molecular formula is C31H50N6O3. The van der Waals surface area contributed by atoms with Gasteiger partial charge in [-0.05, 0) is 82.6 Å². The van der Waals surface area contributed by atoms with Crippen molar-refractivity contribution >= 4 is 34.7 Å². The number of nitrogens with two attached hydrogens (primary N) is 1. The van der Waals surface area contributed by atoms with Gasteiger partial charge in [-0.25, -0.2) is 15.0 Å². The van der Waals surface area contributed by atoms with Crippen molar-refractivity contribution in [3.05, 3.63) is 58.8 Å². The number of nitrogen functional groups attached to an aromatic ring is 1. The van der Waals surface area contributed by atoms with Crippen LogP contribution in [0.2, 0.25) is 0 Å². The summed E-state index contributed by atoms with van der Waals surface area (Å²) in [6, 6.07) is 7.75. The number of pyridine rings is 1. The SMILES string of the molecule is C/C=C(/C)c1c(CC)ccc(C=O)c1C.CC.CCN(CCOCCO)c1ccc2ncc(N)nc2n1.CNC. The number of aliphatic hydroxyl groups is 1. The lowest BCUT2D eigenvalue weighted by atomic mass is 9.91. The predicted molar refractivity (Wildman–Crippen MR) is 169 cm³/mol. The smallest absolute Gasteiger partial charge is 0.182 e. The van der Waals surface area contributed by atoms with Gasteiger partial charge in [0.15, 0.2) is 5.65 Å². The van der Waals surface area contributed by atoms with Crippen LogP contribution in [0.15, 0.2) is 36.5 Å². The lowest BCUT2D eigenvalue weighted by Gasteiger charge is -2.21. The Morgan fingerprint density at radius 3 is 2.35 bits per heavy atom. The number of hydrogen-bond donors (Lipinski definition) is 3. The van der Waals surface area contributed by atoms with Gasteiger partial charge in [-0.3, -0.25) is 4.79 Å². The van der Waals surface area contributed by atoms with Gasteiger partial charge < -0.3 is 25.8 Å². The molecule has 0 saturated carbocycles. The van der Waals surface area contributed by atoms with Crippen molar-refractivity contribution in [2.45, 2.75) is 54.9 Å². The van der Waals surface area contributed by atoms with Crippen LogP contribution in [0.4, 0.5) is 11.6 Å². The highest BCUT2D eigenvalue weighted by Gasteiger charge is 2.10. The molecule has 0 aliphatic rings. The average molecular weight is 555 g/mol. The zero-order valence-electron chi connectivity index (χ0n) is 25.9. The summed E-state index contributed by atoms with van der Waals surface area (Å²) in [6.07, 6.45) is 5.54. The molecule has 2 aromatic heterocycles. The molecule has 222 valence electrons. The number of rotatable bonds is 10. The summed E-state index contributed by atoms with van der Waals surface area (Å²) in [7, 11) is 3.75. The summed E-state index contributed by atoms with van der Waals surface area (Å²) in [5, 5.41) is 11.4. The van der Waals surface area contributed by atoms with Crippen LogP contribution in [-0.2, 0) is 11.2 Å². The molecule has 0 unspecified atom stereocenters. The first kappa shape index (κ1) is 36.6. The van der Waals surface area contributed by atoms with Gasteiger partial charge in [0.2, 0.25) is 0 Å². The Morgan fingerprint density at radius 1 is 1.12 bits per heavy atom. The van der Waals surface area contributed by atoms with E-state index in [4.69, 9.17) is 15.6 Å². The quantitative estimate of drug-likeness (QED) is 0.232. The van der Waals surface area contributed by atoms with Gasteiger partial charge in [0.05, 0.1) is 26.0 Å². The second-order valence-corrected chi connectivity index (χ2v) is 8.48. The third kappa shape index (κ3) is 11.8. The summed E-state index contributed by atoms with van der Waals surface area (Å²) in [5.74, 6) is 1.17. The maximum atomic E-state index is 10.9. The van der Waals surface area contributed by atoms with E-state index >= 15 is 0 Å². The highest BCUT2D eigenvalue weighted by Crippen LogP contribution is 2.25. The molecule has 0 amide bonds. The number of hydrogen-bond acceptors (Lipinski definition) is 9. The van der Waals surface area contributed by atoms with Gasteiger partial charge in [-0.2, -0.15) is 0 Å². The Labute approximate surface area is 240 Å². The first-order valence-corrected chi connectivity index (χ1v) is 13.9. The summed E-state index contributed by atoms with van der Waals surface area (Å²) in [4.78, 5) is 25.8. The number of aliphatic hydroxyl groups excluding tert-OH is 1. The van der Waals surface area contributed by atoms with E-state index in [9.17, 15) is 4.79 Å². The van der Waals surface area contributed by atoms with E-state index in [1.165, 1.54) is 22.9 Å². The van der Waals surface area contributed by atoms with Gasteiger partial charge in [0.25, 0.3) is 0 Å². The molecule has 0 radical (unpaired) electrons. The molecule has 3 rings (SSSR count). The highest BCUT2D eigenvalue weighted by molar-refractivity contribution is 5.82. The number of benzene rings is 1. The molecule has 4 N–H and O–H groups in total. The minimum Gasteiger partial charge on any atom is -0.394 e. The molecule has 2 heterocycles. The highest BCUT2D eigenvalue weighted by atomic mass is 16.5. The van der Waals surface area contributed by atoms with Crippen molar-refractivity contribution in [1.29, 1.82) is 0 Å². The van der Waals surface area contributed by atoms with Gasteiger partial charge in [-0.1, -0.05) is 39.0 Å². The molecule has 9 nitrogen and oxygen atoms in total. The third-order valence-electron chi connectivity index (χ3n) is 5.79. The van der Waals surface area contributed by atoms with Gasteiger partial charge in [-0.15, -0.1) is 0 Å². The fraction of sp³-hybridized carbons (Fsp3) is 0.484. The maximum absolute atomic E-state index is 10.9. The topological polar surface area (TPSA) is 126 Å². The molecule has 9 heteroatoms. The predicted octanol–water partition coefficient (Wildman–Crippen LogP) is 5.10. The lowest BCUT2D eigenvalue weighted by molar-refractivity contribution is 0.0967. The first-order chi connectivity index (χ1) is 19.3. The van der Waals surface area contributed by atoms with E-state index < -0.39 is 0 Å². The molecule has 0 fully saturated rings. The van der Waals surface area contributed by atoms with Crippen molar-refractivity contribution < 1.29 is 14.6 Å². The Bertz CT molecular complexity index is 1170. The molecule has 0 saturated heterocycles. The second kappa shape index (κ2) is 21.4. The van der Waals surface area contributed by atoms with Crippen molar-refractivity contribution in [3.63, 3.8) is 0 Å². The normalized spacial score (nSPS) is 10.4. The average Bonchev–Trinajstić information content (AvgIpc) is 2.98. The number of carbonyl (C=O) groups is 1. The number of likely N-dealkylation sites (N-methyl/N-ethyl adjacent to an activating group) is 1. The largest absolute Gasteiger partial charge is 0.394 e. The van der Waals surface area contributed by atoms with Crippen molar-refractivity contribution in [2.24, 2.45) is 0 Å².